The Morgan fingerprint density at radius 1 is 1.04 bits per heavy atom. The second-order valence-corrected chi connectivity index (χ2v) is 6.48. The van der Waals surface area contributed by atoms with E-state index in [9.17, 15) is 4.79 Å². The molecule has 134 valence electrons. The average molecular weight is 356 g/mol. The SMILES string of the molecule is COc1ccc2c(Cc3cccc(C=O)n3)c(-c3ccccc3)n(C)c2c1. The van der Waals surface area contributed by atoms with Crippen LogP contribution >= 0.6 is 0 Å². The summed E-state index contributed by atoms with van der Waals surface area (Å²) in [7, 11) is 3.75. The Labute approximate surface area is 158 Å². The van der Waals surface area contributed by atoms with Crippen molar-refractivity contribution in [1.29, 1.82) is 0 Å². The number of aromatic nitrogens is 2. The van der Waals surface area contributed by atoms with Gasteiger partial charge < -0.3 is 9.30 Å². The summed E-state index contributed by atoms with van der Waals surface area (Å²) in [5.74, 6) is 0.829. The van der Waals surface area contributed by atoms with Crippen molar-refractivity contribution in [3.8, 4) is 17.0 Å². The zero-order valence-corrected chi connectivity index (χ0v) is 15.3. The number of hydrogen-bond acceptors (Lipinski definition) is 3. The molecule has 0 aliphatic heterocycles. The van der Waals surface area contributed by atoms with Gasteiger partial charge in [-0.15, -0.1) is 0 Å². The maximum absolute atomic E-state index is 11.1. The Morgan fingerprint density at radius 3 is 2.59 bits per heavy atom. The number of aryl methyl sites for hydroxylation is 1. The molecule has 4 nitrogen and oxygen atoms in total. The Morgan fingerprint density at radius 2 is 1.85 bits per heavy atom. The molecular weight excluding hydrogens is 336 g/mol. The quantitative estimate of drug-likeness (QED) is 0.489. The number of aldehydes is 1. The molecule has 0 amide bonds. The van der Waals surface area contributed by atoms with Crippen molar-refractivity contribution in [3.63, 3.8) is 0 Å². The fraction of sp³-hybridized carbons (Fsp3) is 0.130. The van der Waals surface area contributed by atoms with Crippen molar-refractivity contribution in [2.45, 2.75) is 6.42 Å². The number of carbonyl (C=O) groups is 1. The summed E-state index contributed by atoms with van der Waals surface area (Å²) in [6.45, 7) is 0. The van der Waals surface area contributed by atoms with Gasteiger partial charge in [0.15, 0.2) is 6.29 Å². The number of ether oxygens (including phenoxy) is 1. The molecule has 2 aromatic carbocycles. The number of nitrogens with zero attached hydrogens (tertiary/aromatic N) is 2. The van der Waals surface area contributed by atoms with Gasteiger partial charge in [0.25, 0.3) is 0 Å². The number of fused-ring (bicyclic) bond motifs is 1. The highest BCUT2D eigenvalue weighted by atomic mass is 16.5. The van der Waals surface area contributed by atoms with Crippen LogP contribution in [0.1, 0.15) is 21.7 Å². The van der Waals surface area contributed by atoms with E-state index in [2.05, 4.69) is 40.9 Å². The zero-order valence-electron chi connectivity index (χ0n) is 15.3. The highest BCUT2D eigenvalue weighted by Gasteiger charge is 2.18. The fourth-order valence-electron chi connectivity index (χ4n) is 3.61. The third-order valence-electron chi connectivity index (χ3n) is 4.87. The Bertz CT molecular complexity index is 1110. The lowest BCUT2D eigenvalue weighted by molar-refractivity contribution is 0.111. The van der Waals surface area contributed by atoms with Crippen molar-refractivity contribution >= 4 is 17.2 Å². The largest absolute Gasteiger partial charge is 0.497 e. The number of methoxy groups -OCH3 is 1. The highest BCUT2D eigenvalue weighted by molar-refractivity contribution is 5.93. The lowest BCUT2D eigenvalue weighted by Crippen LogP contribution is -1.98. The molecule has 4 heteroatoms. The third kappa shape index (κ3) is 3.10. The number of pyridine rings is 1. The topological polar surface area (TPSA) is 44.1 Å². The minimum atomic E-state index is 0.454. The molecule has 0 unspecified atom stereocenters. The normalized spacial score (nSPS) is 10.9. The van der Waals surface area contributed by atoms with Crippen molar-refractivity contribution in [3.05, 3.63) is 83.7 Å². The van der Waals surface area contributed by atoms with Crippen LogP contribution in [0.5, 0.6) is 5.75 Å². The van der Waals surface area contributed by atoms with E-state index in [4.69, 9.17) is 4.74 Å². The van der Waals surface area contributed by atoms with Crippen LogP contribution < -0.4 is 4.74 Å². The van der Waals surface area contributed by atoms with Gasteiger partial charge >= 0.3 is 0 Å². The Hall–Kier alpha value is -3.40. The van der Waals surface area contributed by atoms with Crippen molar-refractivity contribution < 1.29 is 9.53 Å². The molecule has 0 aliphatic rings. The van der Waals surface area contributed by atoms with Crippen molar-refractivity contribution in [2.24, 2.45) is 7.05 Å². The van der Waals surface area contributed by atoms with Crippen LogP contribution in [0.25, 0.3) is 22.2 Å². The number of hydrogen-bond donors (Lipinski definition) is 0. The fourth-order valence-corrected chi connectivity index (χ4v) is 3.61. The van der Waals surface area contributed by atoms with Gasteiger partial charge in [-0.1, -0.05) is 36.4 Å². The van der Waals surface area contributed by atoms with E-state index >= 15 is 0 Å². The van der Waals surface area contributed by atoms with Gasteiger partial charge in [-0.2, -0.15) is 0 Å². The van der Waals surface area contributed by atoms with E-state index < -0.39 is 0 Å². The molecule has 2 heterocycles. The summed E-state index contributed by atoms with van der Waals surface area (Å²) >= 11 is 0. The second kappa shape index (κ2) is 7.08. The minimum absolute atomic E-state index is 0.454. The predicted molar refractivity (Wildman–Crippen MR) is 107 cm³/mol. The maximum Gasteiger partial charge on any atom is 0.168 e. The molecule has 0 spiro atoms. The molecule has 4 aromatic rings. The first kappa shape index (κ1) is 17.0. The van der Waals surface area contributed by atoms with E-state index in [-0.39, 0.29) is 0 Å². The lowest BCUT2D eigenvalue weighted by Gasteiger charge is -2.09. The van der Waals surface area contributed by atoms with Gasteiger partial charge in [-0.25, -0.2) is 4.98 Å². The molecule has 2 aromatic heterocycles. The van der Waals surface area contributed by atoms with Gasteiger partial charge in [-0.3, -0.25) is 4.79 Å². The number of benzene rings is 2. The molecule has 0 atom stereocenters. The van der Waals surface area contributed by atoms with Crippen LogP contribution in [-0.2, 0) is 13.5 Å². The summed E-state index contributed by atoms with van der Waals surface area (Å²) in [6.07, 6.45) is 1.44. The van der Waals surface area contributed by atoms with Crippen LogP contribution in [0.15, 0.2) is 66.7 Å². The standard InChI is InChI=1S/C23H20N2O2/c1-25-22-14-19(27-2)11-12-20(22)21(23(25)16-7-4-3-5-8-16)13-17-9-6-10-18(15-26)24-17/h3-12,14-15H,13H2,1-2H3. The number of rotatable bonds is 5. The minimum Gasteiger partial charge on any atom is -0.497 e. The first-order valence-electron chi connectivity index (χ1n) is 8.83. The third-order valence-corrected chi connectivity index (χ3v) is 4.87. The van der Waals surface area contributed by atoms with E-state index in [1.165, 1.54) is 5.56 Å². The molecule has 0 bridgehead atoms. The van der Waals surface area contributed by atoms with E-state index in [0.717, 1.165) is 39.9 Å². The molecule has 4 rings (SSSR count). The highest BCUT2D eigenvalue weighted by Crippen LogP contribution is 2.36. The van der Waals surface area contributed by atoms with E-state index in [1.807, 2.05) is 36.4 Å². The van der Waals surface area contributed by atoms with Crippen molar-refractivity contribution in [2.75, 3.05) is 7.11 Å². The average Bonchev–Trinajstić information content (AvgIpc) is 2.99. The number of carbonyl (C=O) groups excluding carboxylic acids is 1. The summed E-state index contributed by atoms with van der Waals surface area (Å²) in [5, 5.41) is 1.16. The summed E-state index contributed by atoms with van der Waals surface area (Å²) in [5.41, 5.74) is 5.93. The van der Waals surface area contributed by atoms with Crippen LogP contribution in [0, 0.1) is 0 Å². The van der Waals surface area contributed by atoms with Gasteiger partial charge in [0.05, 0.1) is 18.3 Å². The zero-order chi connectivity index (χ0) is 18.8. The summed E-state index contributed by atoms with van der Waals surface area (Å²) < 4.78 is 7.62. The maximum atomic E-state index is 11.1. The summed E-state index contributed by atoms with van der Waals surface area (Å²) in [4.78, 5) is 15.6. The van der Waals surface area contributed by atoms with Gasteiger partial charge in [0.2, 0.25) is 0 Å². The molecule has 27 heavy (non-hydrogen) atoms. The van der Waals surface area contributed by atoms with Gasteiger partial charge in [0.1, 0.15) is 11.4 Å². The Balaban J connectivity index is 1.95. The van der Waals surface area contributed by atoms with Crippen LogP contribution in [0.4, 0.5) is 0 Å². The van der Waals surface area contributed by atoms with Gasteiger partial charge in [0, 0.05) is 30.6 Å². The molecule has 0 N–H and O–H groups in total. The van der Waals surface area contributed by atoms with E-state index in [0.29, 0.717) is 12.1 Å². The Kier molecular flexibility index (Phi) is 4.47. The van der Waals surface area contributed by atoms with E-state index in [1.54, 1.807) is 13.2 Å². The summed E-state index contributed by atoms with van der Waals surface area (Å²) in [6, 6.07) is 22.0. The molecule has 0 aliphatic carbocycles. The molecule has 0 radical (unpaired) electrons. The smallest absolute Gasteiger partial charge is 0.168 e. The monoisotopic (exact) mass is 356 g/mol. The first-order valence-corrected chi connectivity index (χ1v) is 8.83. The lowest BCUT2D eigenvalue weighted by atomic mass is 10.0. The van der Waals surface area contributed by atoms with Crippen molar-refractivity contribution in [1.82, 2.24) is 9.55 Å². The molecular formula is C23H20N2O2. The molecule has 0 saturated heterocycles. The van der Waals surface area contributed by atoms with Crippen LogP contribution in [0.2, 0.25) is 0 Å². The van der Waals surface area contributed by atoms with Gasteiger partial charge in [-0.05, 0) is 35.4 Å². The van der Waals surface area contributed by atoms with Crippen LogP contribution in [0.3, 0.4) is 0 Å². The molecule has 0 fully saturated rings. The molecule has 0 saturated carbocycles. The predicted octanol–water partition coefficient (Wildman–Crippen LogP) is 4.65. The first-order chi connectivity index (χ1) is 13.2. The second-order valence-electron chi connectivity index (χ2n) is 6.48. The van der Waals surface area contributed by atoms with Crippen LogP contribution in [-0.4, -0.2) is 22.9 Å².